The highest BCUT2D eigenvalue weighted by atomic mass is 19.1. The van der Waals surface area contributed by atoms with E-state index in [4.69, 9.17) is 0 Å². The van der Waals surface area contributed by atoms with Crippen LogP contribution in [0.3, 0.4) is 0 Å². The summed E-state index contributed by atoms with van der Waals surface area (Å²) in [4.78, 5) is 28.6. The first-order chi connectivity index (χ1) is 12.5. The van der Waals surface area contributed by atoms with Gasteiger partial charge in [-0.2, -0.15) is 0 Å². The van der Waals surface area contributed by atoms with E-state index in [1.165, 1.54) is 12.1 Å². The summed E-state index contributed by atoms with van der Waals surface area (Å²) in [5.41, 5.74) is 2.22. The van der Waals surface area contributed by atoms with Gasteiger partial charge in [0.1, 0.15) is 5.82 Å². The third-order valence-corrected chi connectivity index (χ3v) is 4.68. The highest BCUT2D eigenvalue weighted by molar-refractivity contribution is 5.94. The van der Waals surface area contributed by atoms with E-state index in [-0.39, 0.29) is 17.4 Å². The quantitative estimate of drug-likeness (QED) is 0.850. The van der Waals surface area contributed by atoms with Gasteiger partial charge in [-0.3, -0.25) is 9.59 Å². The Morgan fingerprint density at radius 1 is 0.962 bits per heavy atom. The molecule has 0 bridgehead atoms. The van der Waals surface area contributed by atoms with E-state index in [1.54, 1.807) is 21.9 Å². The minimum Gasteiger partial charge on any atom is -0.341 e. The first kappa shape index (κ1) is 18.1. The highest BCUT2D eigenvalue weighted by Gasteiger charge is 2.24. The fourth-order valence-corrected chi connectivity index (χ4v) is 3.28. The van der Waals surface area contributed by atoms with Gasteiger partial charge in [-0.25, -0.2) is 4.39 Å². The lowest BCUT2D eigenvalue weighted by atomic mass is 10.1. The molecular formula is C21H23FN2O2. The van der Waals surface area contributed by atoms with E-state index in [9.17, 15) is 14.0 Å². The molecule has 2 amide bonds. The molecule has 3 rings (SSSR count). The molecule has 0 unspecified atom stereocenters. The lowest BCUT2D eigenvalue weighted by Gasteiger charge is -2.22. The molecule has 26 heavy (non-hydrogen) atoms. The normalized spacial score (nSPS) is 14.8. The number of hydrogen-bond donors (Lipinski definition) is 0. The lowest BCUT2D eigenvalue weighted by Crippen LogP contribution is -2.38. The van der Waals surface area contributed by atoms with E-state index in [0.29, 0.717) is 39.0 Å². The van der Waals surface area contributed by atoms with Crippen LogP contribution < -0.4 is 0 Å². The Morgan fingerprint density at radius 3 is 2.46 bits per heavy atom. The molecule has 2 aromatic carbocycles. The number of carbonyl (C=O) groups is 2. The summed E-state index contributed by atoms with van der Waals surface area (Å²) in [5.74, 6) is -0.749. The summed E-state index contributed by atoms with van der Waals surface area (Å²) in [5, 5.41) is 0. The van der Waals surface area contributed by atoms with Crippen molar-refractivity contribution in [2.45, 2.75) is 19.8 Å². The number of aryl methyl sites for hydroxylation is 1. The molecule has 1 aliphatic rings. The van der Waals surface area contributed by atoms with Gasteiger partial charge in [0.25, 0.3) is 5.91 Å². The monoisotopic (exact) mass is 354 g/mol. The van der Waals surface area contributed by atoms with Gasteiger partial charge in [0, 0.05) is 26.2 Å². The summed E-state index contributed by atoms with van der Waals surface area (Å²) in [6.45, 7) is 4.05. The molecule has 0 radical (unpaired) electrons. The average Bonchev–Trinajstić information content (AvgIpc) is 2.88. The Bertz CT molecular complexity index is 806. The first-order valence-electron chi connectivity index (χ1n) is 8.92. The zero-order valence-electron chi connectivity index (χ0n) is 15.0. The second-order valence-corrected chi connectivity index (χ2v) is 6.67. The van der Waals surface area contributed by atoms with Crippen LogP contribution in [0.5, 0.6) is 0 Å². The Morgan fingerprint density at radius 2 is 1.69 bits per heavy atom. The van der Waals surface area contributed by atoms with Crippen molar-refractivity contribution in [1.82, 2.24) is 9.80 Å². The molecule has 5 heteroatoms. The predicted molar refractivity (Wildman–Crippen MR) is 98.4 cm³/mol. The Labute approximate surface area is 153 Å². The standard InChI is InChI=1S/C21H23FN2O2/c1-16-6-4-7-17(14-16)15-20(25)23-10-5-11-24(13-12-23)21(26)18-8-2-3-9-19(18)22/h2-4,6-9,14H,5,10-13,15H2,1H3. The maximum atomic E-state index is 13.9. The average molecular weight is 354 g/mol. The first-order valence-corrected chi connectivity index (χ1v) is 8.92. The van der Waals surface area contributed by atoms with Crippen molar-refractivity contribution in [3.63, 3.8) is 0 Å². The van der Waals surface area contributed by atoms with E-state index < -0.39 is 5.82 Å². The minimum absolute atomic E-state index is 0.0655. The number of rotatable bonds is 3. The number of hydrogen-bond acceptors (Lipinski definition) is 2. The topological polar surface area (TPSA) is 40.6 Å². The van der Waals surface area contributed by atoms with Crippen molar-refractivity contribution in [3.8, 4) is 0 Å². The smallest absolute Gasteiger partial charge is 0.256 e. The summed E-state index contributed by atoms with van der Waals surface area (Å²) in [6.07, 6.45) is 1.06. The van der Waals surface area contributed by atoms with Crippen molar-refractivity contribution in [2.24, 2.45) is 0 Å². The van der Waals surface area contributed by atoms with E-state index >= 15 is 0 Å². The van der Waals surface area contributed by atoms with Gasteiger partial charge in [-0.1, -0.05) is 42.0 Å². The number of benzene rings is 2. The third-order valence-electron chi connectivity index (χ3n) is 4.68. The van der Waals surface area contributed by atoms with Crippen molar-refractivity contribution >= 4 is 11.8 Å². The maximum absolute atomic E-state index is 13.9. The number of carbonyl (C=O) groups excluding carboxylic acids is 2. The molecule has 1 saturated heterocycles. The summed E-state index contributed by atoms with van der Waals surface area (Å²) < 4.78 is 13.9. The van der Waals surface area contributed by atoms with Gasteiger partial charge < -0.3 is 9.80 Å². The van der Waals surface area contributed by atoms with Gasteiger partial charge in [-0.15, -0.1) is 0 Å². The van der Waals surface area contributed by atoms with Crippen molar-refractivity contribution < 1.29 is 14.0 Å². The molecule has 1 aliphatic heterocycles. The van der Waals surface area contributed by atoms with Gasteiger partial charge in [0.15, 0.2) is 0 Å². The van der Waals surface area contributed by atoms with Crippen LogP contribution >= 0.6 is 0 Å². The molecule has 0 aromatic heterocycles. The number of amides is 2. The number of nitrogens with zero attached hydrogens (tertiary/aromatic N) is 2. The highest BCUT2D eigenvalue weighted by Crippen LogP contribution is 2.14. The van der Waals surface area contributed by atoms with Gasteiger partial charge in [0.05, 0.1) is 12.0 Å². The zero-order chi connectivity index (χ0) is 18.5. The third kappa shape index (κ3) is 4.28. The second-order valence-electron chi connectivity index (χ2n) is 6.67. The Balaban J connectivity index is 1.62. The Kier molecular flexibility index (Phi) is 5.66. The molecule has 1 heterocycles. The van der Waals surface area contributed by atoms with E-state index in [1.807, 2.05) is 31.2 Å². The maximum Gasteiger partial charge on any atom is 0.256 e. The largest absolute Gasteiger partial charge is 0.341 e. The van der Waals surface area contributed by atoms with Crippen molar-refractivity contribution in [2.75, 3.05) is 26.2 Å². The summed E-state index contributed by atoms with van der Waals surface area (Å²) in [6, 6.07) is 14.0. The summed E-state index contributed by atoms with van der Waals surface area (Å²) >= 11 is 0. The summed E-state index contributed by atoms with van der Waals surface area (Å²) in [7, 11) is 0. The van der Waals surface area contributed by atoms with Crippen LogP contribution in [0.25, 0.3) is 0 Å². The van der Waals surface area contributed by atoms with E-state index in [0.717, 1.165) is 11.1 Å². The molecule has 4 nitrogen and oxygen atoms in total. The van der Waals surface area contributed by atoms with Crippen LogP contribution in [0.4, 0.5) is 4.39 Å². The Hall–Kier alpha value is -2.69. The van der Waals surface area contributed by atoms with E-state index in [2.05, 4.69) is 0 Å². The molecule has 2 aromatic rings. The second kappa shape index (κ2) is 8.13. The van der Waals surface area contributed by atoms with Crippen molar-refractivity contribution in [1.29, 1.82) is 0 Å². The van der Waals surface area contributed by atoms with Gasteiger partial charge >= 0.3 is 0 Å². The molecule has 1 fully saturated rings. The molecular weight excluding hydrogens is 331 g/mol. The zero-order valence-corrected chi connectivity index (χ0v) is 15.0. The molecule has 0 N–H and O–H groups in total. The van der Waals surface area contributed by atoms with Gasteiger partial charge in [-0.05, 0) is 31.0 Å². The molecule has 0 aliphatic carbocycles. The van der Waals surface area contributed by atoms with Crippen LogP contribution in [0.1, 0.15) is 27.9 Å². The van der Waals surface area contributed by atoms with Crippen LogP contribution in [0.15, 0.2) is 48.5 Å². The molecule has 0 saturated carbocycles. The molecule has 136 valence electrons. The minimum atomic E-state index is -0.505. The molecule has 0 spiro atoms. The molecule has 0 atom stereocenters. The van der Waals surface area contributed by atoms with Crippen molar-refractivity contribution in [3.05, 3.63) is 71.0 Å². The van der Waals surface area contributed by atoms with Crippen LogP contribution in [0.2, 0.25) is 0 Å². The SMILES string of the molecule is Cc1cccc(CC(=O)N2CCCN(C(=O)c3ccccc3F)CC2)c1. The number of halogens is 1. The fraction of sp³-hybridized carbons (Fsp3) is 0.333. The van der Waals surface area contributed by atoms with Gasteiger partial charge in [0.2, 0.25) is 5.91 Å². The predicted octanol–water partition coefficient (Wildman–Crippen LogP) is 3.05. The lowest BCUT2D eigenvalue weighted by molar-refractivity contribution is -0.130. The van der Waals surface area contributed by atoms with Crippen LogP contribution in [-0.2, 0) is 11.2 Å². The fourth-order valence-electron chi connectivity index (χ4n) is 3.28. The van der Waals surface area contributed by atoms with Crippen LogP contribution in [-0.4, -0.2) is 47.8 Å². The van der Waals surface area contributed by atoms with Crippen LogP contribution in [0, 0.1) is 12.7 Å².